The Balaban J connectivity index is 1.63. The van der Waals surface area contributed by atoms with Crippen LogP contribution in [0.1, 0.15) is 83.1 Å². The molecule has 0 N–H and O–H groups in total. The molecule has 2 aromatic rings. The van der Waals surface area contributed by atoms with E-state index in [0.717, 1.165) is 62.5 Å². The standard InChI is InChI=1S/C42H46Br4N4O2/c1-39(2,3)27-13-23(14-28(37(27)51)40(4,5)6)21-47-49-26-19-31(43)35(32(44)20-26)25-17-33(45)36(34(46)18-25)50-48-22-24-15-29(41(7,8)9)38(52)30(16-24)42(10,11)12/h13-22H,1-12H3/b49-47+,50-48+. The van der Waals surface area contributed by atoms with E-state index >= 15 is 0 Å². The lowest BCUT2D eigenvalue weighted by Gasteiger charge is -2.31. The molecule has 0 aromatic heterocycles. The monoisotopic (exact) mass is 954 g/mol. The summed E-state index contributed by atoms with van der Waals surface area (Å²) in [5.74, 6) is 0.167. The van der Waals surface area contributed by atoms with Crippen molar-refractivity contribution in [2.45, 2.75) is 83.1 Å². The maximum atomic E-state index is 13.3. The van der Waals surface area contributed by atoms with Crippen LogP contribution >= 0.6 is 63.7 Å². The highest BCUT2D eigenvalue weighted by Gasteiger charge is 2.35. The van der Waals surface area contributed by atoms with E-state index in [0.29, 0.717) is 11.4 Å². The fourth-order valence-electron chi connectivity index (χ4n) is 5.69. The molecule has 2 aromatic carbocycles. The molecule has 6 nitrogen and oxygen atoms in total. The lowest BCUT2D eigenvalue weighted by molar-refractivity contribution is -0.114. The van der Waals surface area contributed by atoms with Crippen molar-refractivity contribution in [3.63, 3.8) is 0 Å². The van der Waals surface area contributed by atoms with Crippen molar-refractivity contribution in [1.29, 1.82) is 0 Å². The first-order valence-corrected chi connectivity index (χ1v) is 20.1. The summed E-state index contributed by atoms with van der Waals surface area (Å²) in [5.41, 5.74) is 6.64. The third-order valence-electron chi connectivity index (χ3n) is 8.53. The van der Waals surface area contributed by atoms with Crippen LogP contribution in [0, 0.1) is 21.7 Å². The van der Waals surface area contributed by atoms with Crippen molar-refractivity contribution in [2.75, 3.05) is 0 Å². The number of allylic oxidation sites excluding steroid dienone is 10. The van der Waals surface area contributed by atoms with Crippen LogP contribution in [0.25, 0.3) is 11.1 Å². The van der Waals surface area contributed by atoms with Crippen LogP contribution in [0.5, 0.6) is 0 Å². The number of ketones is 2. The Morgan fingerprint density at radius 2 is 0.808 bits per heavy atom. The van der Waals surface area contributed by atoms with Gasteiger partial charge in [-0.2, -0.15) is 15.3 Å². The summed E-state index contributed by atoms with van der Waals surface area (Å²) in [4.78, 5) is 26.6. The van der Waals surface area contributed by atoms with E-state index in [-0.39, 0.29) is 33.2 Å². The summed E-state index contributed by atoms with van der Waals surface area (Å²) < 4.78 is 3.15. The highest BCUT2D eigenvalue weighted by Crippen LogP contribution is 2.45. The predicted octanol–water partition coefficient (Wildman–Crippen LogP) is 15.4. The maximum absolute atomic E-state index is 13.3. The van der Waals surface area contributed by atoms with Gasteiger partial charge in [0.25, 0.3) is 0 Å². The van der Waals surface area contributed by atoms with Gasteiger partial charge in [-0.1, -0.05) is 115 Å². The van der Waals surface area contributed by atoms with E-state index in [2.05, 4.69) is 84.2 Å². The number of rotatable bonds is 5. The van der Waals surface area contributed by atoms with E-state index in [9.17, 15) is 9.59 Å². The Morgan fingerprint density at radius 1 is 0.481 bits per heavy atom. The normalized spacial score (nSPS) is 16.4. The molecule has 4 rings (SSSR count). The molecule has 0 spiro atoms. The molecule has 274 valence electrons. The van der Waals surface area contributed by atoms with E-state index < -0.39 is 0 Å². The highest BCUT2D eigenvalue weighted by molar-refractivity contribution is 9.11. The first-order chi connectivity index (χ1) is 23.8. The van der Waals surface area contributed by atoms with E-state index in [1.54, 1.807) is 12.4 Å². The van der Waals surface area contributed by atoms with Crippen molar-refractivity contribution in [2.24, 2.45) is 42.1 Å². The van der Waals surface area contributed by atoms with Gasteiger partial charge in [-0.15, -0.1) is 5.11 Å². The quantitative estimate of drug-likeness (QED) is 0.280. The minimum atomic E-state index is -0.305. The van der Waals surface area contributed by atoms with Crippen LogP contribution in [0.4, 0.5) is 11.4 Å². The first kappa shape index (κ1) is 42.1. The number of carbonyl (C=O) groups excluding carboxylic acids is 2. The molecule has 0 unspecified atom stereocenters. The third kappa shape index (κ3) is 9.90. The van der Waals surface area contributed by atoms with Gasteiger partial charge in [-0.25, -0.2) is 0 Å². The minimum absolute atomic E-state index is 0.0818. The van der Waals surface area contributed by atoms with Crippen molar-refractivity contribution in [3.8, 4) is 11.1 Å². The van der Waals surface area contributed by atoms with Crippen molar-refractivity contribution in [3.05, 3.63) is 112 Å². The summed E-state index contributed by atoms with van der Waals surface area (Å²) in [6.07, 6.45) is 11.1. The van der Waals surface area contributed by atoms with Gasteiger partial charge in [0.2, 0.25) is 0 Å². The Labute approximate surface area is 342 Å². The fraction of sp³-hybridized carbons (Fsp3) is 0.381. The molecular formula is C42H46Br4N4O2. The zero-order chi connectivity index (χ0) is 39.1. The van der Waals surface area contributed by atoms with Crippen LogP contribution in [0.15, 0.2) is 133 Å². The van der Waals surface area contributed by atoms with E-state index in [1.165, 1.54) is 0 Å². The number of halogens is 4. The molecule has 2 aliphatic rings. The Morgan fingerprint density at radius 3 is 1.13 bits per heavy atom. The van der Waals surface area contributed by atoms with Gasteiger partial charge >= 0.3 is 0 Å². The number of benzene rings is 2. The van der Waals surface area contributed by atoms with Gasteiger partial charge in [-0.3, -0.25) is 9.59 Å². The average Bonchev–Trinajstić information content (AvgIpc) is 2.97. The third-order valence-corrected chi connectivity index (χ3v) is 11.0. The summed E-state index contributed by atoms with van der Waals surface area (Å²) in [5, 5.41) is 17.8. The fourth-order valence-corrected chi connectivity index (χ4v) is 8.66. The summed E-state index contributed by atoms with van der Waals surface area (Å²) in [6, 6.07) is 7.79. The van der Waals surface area contributed by atoms with Crippen molar-refractivity contribution >= 4 is 86.7 Å². The SMILES string of the molecule is CC(C)(C)C1=CC(=C/N=N/c2cc(Br)c(-c3cc(Br)c(/N=N/C=C4C=C(C(C)(C)C)C(=O)C(C(C)(C)C)=C4)c(Br)c3)c(Br)c2)C=C(C(C)(C)C)C1=O. The number of hydrogen-bond donors (Lipinski definition) is 0. The van der Waals surface area contributed by atoms with Gasteiger partial charge in [-0.05, 0) is 119 Å². The van der Waals surface area contributed by atoms with Gasteiger partial charge in [0.15, 0.2) is 11.6 Å². The first-order valence-electron chi connectivity index (χ1n) is 17.0. The molecular weight excluding hydrogens is 912 g/mol. The molecule has 0 amide bonds. The number of azo groups is 2. The second kappa shape index (κ2) is 15.6. The highest BCUT2D eigenvalue weighted by atomic mass is 79.9. The molecule has 0 saturated carbocycles. The minimum Gasteiger partial charge on any atom is -0.289 e. The van der Waals surface area contributed by atoms with Crippen LogP contribution in [-0.4, -0.2) is 11.6 Å². The number of carbonyl (C=O) groups is 2. The zero-order valence-corrected chi connectivity index (χ0v) is 38.2. The topological polar surface area (TPSA) is 83.6 Å². The van der Waals surface area contributed by atoms with Crippen LogP contribution in [0.3, 0.4) is 0 Å². The molecule has 0 aliphatic heterocycles. The number of hydrogen-bond acceptors (Lipinski definition) is 6. The lowest BCUT2D eigenvalue weighted by atomic mass is 9.72. The maximum Gasteiger partial charge on any atom is 0.186 e. The predicted molar refractivity (Wildman–Crippen MR) is 228 cm³/mol. The summed E-state index contributed by atoms with van der Waals surface area (Å²) >= 11 is 14.9. The van der Waals surface area contributed by atoms with Crippen molar-refractivity contribution in [1.82, 2.24) is 0 Å². The molecule has 0 bridgehead atoms. The summed E-state index contributed by atoms with van der Waals surface area (Å²) in [7, 11) is 0. The smallest absolute Gasteiger partial charge is 0.186 e. The lowest BCUT2D eigenvalue weighted by Crippen LogP contribution is -2.27. The molecule has 0 saturated heterocycles. The van der Waals surface area contributed by atoms with Gasteiger partial charge in [0, 0.05) is 45.7 Å². The molecule has 2 aliphatic carbocycles. The number of Topliss-reactive ketones (excluding diaryl/α,β-unsaturated/α-hetero) is 2. The largest absolute Gasteiger partial charge is 0.289 e. The van der Waals surface area contributed by atoms with Crippen LogP contribution in [-0.2, 0) is 9.59 Å². The average molecular weight is 958 g/mol. The molecule has 0 atom stereocenters. The van der Waals surface area contributed by atoms with Gasteiger partial charge in [0.05, 0.1) is 18.1 Å². The van der Waals surface area contributed by atoms with Crippen molar-refractivity contribution < 1.29 is 9.59 Å². The zero-order valence-electron chi connectivity index (χ0n) is 31.9. The van der Waals surface area contributed by atoms with E-state index in [4.69, 9.17) is 0 Å². The number of nitrogens with zero attached hydrogens (tertiary/aromatic N) is 4. The molecule has 52 heavy (non-hydrogen) atoms. The molecule has 0 radical (unpaired) electrons. The molecule has 0 fully saturated rings. The molecule has 0 heterocycles. The Kier molecular flexibility index (Phi) is 12.6. The second-order valence-corrected chi connectivity index (χ2v) is 20.6. The Hall–Kier alpha value is -2.66. The van der Waals surface area contributed by atoms with Gasteiger partial charge in [0.1, 0.15) is 5.69 Å². The Bertz CT molecular complexity index is 1960. The van der Waals surface area contributed by atoms with Crippen LogP contribution in [0.2, 0.25) is 0 Å². The molecule has 10 heteroatoms. The van der Waals surface area contributed by atoms with Crippen LogP contribution < -0.4 is 0 Å². The van der Waals surface area contributed by atoms with E-state index in [1.807, 2.05) is 132 Å². The van der Waals surface area contributed by atoms with Gasteiger partial charge < -0.3 is 0 Å². The second-order valence-electron chi connectivity index (χ2n) is 17.2. The summed E-state index contributed by atoms with van der Waals surface area (Å²) in [6.45, 7) is 24.6.